The molecule has 4 aliphatic carbocycles. The first kappa shape index (κ1) is 19.4. The monoisotopic (exact) mass is 387 g/mol. The van der Waals surface area contributed by atoms with Crippen LogP contribution in [0.3, 0.4) is 0 Å². The lowest BCUT2D eigenvalue weighted by molar-refractivity contribution is -0.135. The molecule has 1 aliphatic heterocycles. The van der Waals surface area contributed by atoms with Crippen molar-refractivity contribution in [1.82, 2.24) is 5.32 Å². The minimum absolute atomic E-state index is 0.0467. The first-order chi connectivity index (χ1) is 13.3. The van der Waals surface area contributed by atoms with Crippen LogP contribution in [0, 0.1) is 40.4 Å². The van der Waals surface area contributed by atoms with Gasteiger partial charge in [-0.2, -0.15) is 0 Å². The van der Waals surface area contributed by atoms with Crippen molar-refractivity contribution in [2.75, 3.05) is 7.11 Å². The molecule has 0 bridgehead atoms. The topological polar surface area (TPSA) is 38.3 Å². The molecule has 4 saturated carbocycles. The van der Waals surface area contributed by atoms with Gasteiger partial charge in [-0.25, -0.2) is 0 Å². The van der Waals surface area contributed by atoms with E-state index in [4.69, 9.17) is 4.74 Å². The lowest BCUT2D eigenvalue weighted by Gasteiger charge is -2.61. The third-order valence-electron chi connectivity index (χ3n) is 11.0. The number of hydrogen-bond donors (Lipinski definition) is 1. The lowest BCUT2D eigenvalue weighted by Crippen LogP contribution is -2.57. The molecule has 0 aromatic rings. The third-order valence-corrected chi connectivity index (χ3v) is 11.0. The van der Waals surface area contributed by atoms with Crippen LogP contribution >= 0.6 is 0 Å². The lowest BCUT2D eigenvalue weighted by atomic mass is 9.44. The van der Waals surface area contributed by atoms with Crippen LogP contribution in [0.4, 0.5) is 0 Å². The SMILES string of the molecule is CO[C@@H]1CC[C@@]2(C)[C@H](CCC3[C@@H]2CC[C@]2(C)C([C@]4(C)CCC(=O)N4)CC[C@@H]32)C1. The molecule has 1 saturated heterocycles. The average molecular weight is 388 g/mol. The fourth-order valence-electron chi connectivity index (χ4n) is 9.56. The number of hydrogen-bond acceptors (Lipinski definition) is 2. The molecule has 0 aromatic heterocycles. The molecule has 158 valence electrons. The highest BCUT2D eigenvalue weighted by Gasteiger charge is 2.63. The fourth-order valence-corrected chi connectivity index (χ4v) is 9.56. The minimum Gasteiger partial charge on any atom is -0.381 e. The van der Waals surface area contributed by atoms with E-state index in [2.05, 4.69) is 26.1 Å². The third kappa shape index (κ3) is 2.60. The Morgan fingerprint density at radius 3 is 2.36 bits per heavy atom. The van der Waals surface area contributed by atoms with E-state index in [0.717, 1.165) is 36.5 Å². The predicted octanol–water partition coefficient (Wildman–Crippen LogP) is 5.33. The maximum absolute atomic E-state index is 12.0. The molecule has 0 radical (unpaired) electrons. The number of amides is 1. The zero-order valence-corrected chi connectivity index (χ0v) is 18.6. The van der Waals surface area contributed by atoms with E-state index < -0.39 is 0 Å². The standard InChI is InChI=1S/C25H41NO2/c1-23-12-9-17(28-4)15-16(23)5-6-18-19-7-8-21(24(19,2)13-10-20(18)23)25(3)14-11-22(27)26-25/h16-21H,5-15H2,1-4H3,(H,26,27)/t16-,17-,18?,19+,20+,21?,23+,24+,25+/m1/s1. The van der Waals surface area contributed by atoms with Crippen molar-refractivity contribution in [3.63, 3.8) is 0 Å². The average Bonchev–Trinajstić information content (AvgIpc) is 3.20. The fraction of sp³-hybridized carbons (Fsp3) is 0.960. The second kappa shape index (κ2) is 6.46. The van der Waals surface area contributed by atoms with Crippen LogP contribution in [-0.4, -0.2) is 24.7 Å². The van der Waals surface area contributed by atoms with Crippen LogP contribution in [0.5, 0.6) is 0 Å². The van der Waals surface area contributed by atoms with Gasteiger partial charge in [0, 0.05) is 19.1 Å². The van der Waals surface area contributed by atoms with E-state index >= 15 is 0 Å². The smallest absolute Gasteiger partial charge is 0.220 e. The van der Waals surface area contributed by atoms with Gasteiger partial charge in [0.25, 0.3) is 0 Å². The number of rotatable bonds is 2. The van der Waals surface area contributed by atoms with E-state index in [1.54, 1.807) is 0 Å². The molecule has 5 aliphatic rings. The van der Waals surface area contributed by atoms with Gasteiger partial charge in [-0.05, 0) is 112 Å². The first-order valence-electron chi connectivity index (χ1n) is 12.1. The zero-order chi connectivity index (χ0) is 19.7. The number of nitrogens with one attached hydrogen (secondary N) is 1. The summed E-state index contributed by atoms with van der Waals surface area (Å²) >= 11 is 0. The minimum atomic E-state index is 0.0467. The molecule has 3 heteroatoms. The van der Waals surface area contributed by atoms with Gasteiger partial charge >= 0.3 is 0 Å². The summed E-state index contributed by atoms with van der Waals surface area (Å²) in [4.78, 5) is 12.0. The molecular weight excluding hydrogens is 346 g/mol. The second-order valence-corrected chi connectivity index (χ2v) is 11.9. The van der Waals surface area contributed by atoms with Gasteiger partial charge in [0.2, 0.25) is 5.91 Å². The van der Waals surface area contributed by atoms with Gasteiger partial charge in [0.05, 0.1) is 6.10 Å². The molecule has 0 spiro atoms. The van der Waals surface area contributed by atoms with Crippen LogP contribution in [-0.2, 0) is 9.53 Å². The highest BCUT2D eigenvalue weighted by Crippen LogP contribution is 2.69. The van der Waals surface area contributed by atoms with Gasteiger partial charge in [-0.1, -0.05) is 13.8 Å². The van der Waals surface area contributed by atoms with Crippen LogP contribution < -0.4 is 5.32 Å². The Kier molecular flexibility index (Phi) is 4.48. The maximum atomic E-state index is 12.0. The number of carbonyl (C=O) groups excluding carboxylic acids is 1. The van der Waals surface area contributed by atoms with E-state index in [1.165, 1.54) is 57.8 Å². The summed E-state index contributed by atoms with van der Waals surface area (Å²) in [7, 11) is 1.91. The molecule has 9 atom stereocenters. The predicted molar refractivity (Wildman–Crippen MR) is 112 cm³/mol. The van der Waals surface area contributed by atoms with E-state index in [0.29, 0.717) is 22.9 Å². The Balaban J connectivity index is 1.39. The molecule has 3 nitrogen and oxygen atoms in total. The van der Waals surface area contributed by atoms with Gasteiger partial charge in [-0.3, -0.25) is 4.79 Å². The molecule has 1 amide bonds. The summed E-state index contributed by atoms with van der Waals surface area (Å²) in [6.07, 6.45) is 14.6. The number of ether oxygens (including phenoxy) is 1. The van der Waals surface area contributed by atoms with Crippen molar-refractivity contribution in [3.05, 3.63) is 0 Å². The largest absolute Gasteiger partial charge is 0.381 e. The molecule has 2 unspecified atom stereocenters. The zero-order valence-electron chi connectivity index (χ0n) is 18.6. The number of methoxy groups -OCH3 is 1. The Hall–Kier alpha value is -0.570. The van der Waals surface area contributed by atoms with E-state index in [1.807, 2.05) is 7.11 Å². The van der Waals surface area contributed by atoms with Crippen LogP contribution in [0.1, 0.15) is 91.4 Å². The van der Waals surface area contributed by atoms with Gasteiger partial charge in [-0.15, -0.1) is 0 Å². The summed E-state index contributed by atoms with van der Waals surface area (Å²) in [6.45, 7) is 7.61. The van der Waals surface area contributed by atoms with Crippen molar-refractivity contribution in [2.24, 2.45) is 40.4 Å². The summed E-state index contributed by atoms with van der Waals surface area (Å²) in [5.41, 5.74) is 1.02. The van der Waals surface area contributed by atoms with Gasteiger partial charge in [0.1, 0.15) is 0 Å². The van der Waals surface area contributed by atoms with E-state index in [-0.39, 0.29) is 11.4 Å². The Morgan fingerprint density at radius 2 is 1.64 bits per heavy atom. The summed E-state index contributed by atoms with van der Waals surface area (Å²) in [5, 5.41) is 3.41. The van der Waals surface area contributed by atoms with Crippen LogP contribution in [0.25, 0.3) is 0 Å². The van der Waals surface area contributed by atoms with Gasteiger partial charge in [0.15, 0.2) is 0 Å². The Bertz CT molecular complexity index is 648. The Labute approximate surface area is 171 Å². The normalized spacial score (nSPS) is 55.9. The van der Waals surface area contributed by atoms with Crippen LogP contribution in [0.15, 0.2) is 0 Å². The summed E-state index contributed by atoms with van der Waals surface area (Å²) in [6, 6.07) is 0. The second-order valence-electron chi connectivity index (χ2n) is 11.9. The van der Waals surface area contributed by atoms with Crippen molar-refractivity contribution in [3.8, 4) is 0 Å². The molecule has 1 heterocycles. The molecule has 5 rings (SSSR count). The summed E-state index contributed by atoms with van der Waals surface area (Å²) < 4.78 is 5.76. The Morgan fingerprint density at radius 1 is 0.893 bits per heavy atom. The highest BCUT2D eigenvalue weighted by molar-refractivity contribution is 5.79. The molecule has 1 N–H and O–H groups in total. The molecule has 28 heavy (non-hydrogen) atoms. The van der Waals surface area contributed by atoms with Crippen molar-refractivity contribution in [2.45, 2.75) is 103 Å². The molecule has 5 fully saturated rings. The maximum Gasteiger partial charge on any atom is 0.220 e. The first-order valence-corrected chi connectivity index (χ1v) is 12.1. The number of carbonyl (C=O) groups is 1. The quantitative estimate of drug-likeness (QED) is 0.695. The number of fused-ring (bicyclic) bond motifs is 5. The molecular formula is C25H41NO2. The van der Waals surface area contributed by atoms with Crippen molar-refractivity contribution >= 4 is 5.91 Å². The van der Waals surface area contributed by atoms with Gasteiger partial charge < -0.3 is 10.1 Å². The van der Waals surface area contributed by atoms with E-state index in [9.17, 15) is 4.79 Å². The van der Waals surface area contributed by atoms with Crippen molar-refractivity contribution < 1.29 is 9.53 Å². The summed E-state index contributed by atoms with van der Waals surface area (Å²) in [5.74, 6) is 4.55. The van der Waals surface area contributed by atoms with Crippen molar-refractivity contribution in [1.29, 1.82) is 0 Å². The van der Waals surface area contributed by atoms with Crippen LogP contribution in [0.2, 0.25) is 0 Å². The molecule has 0 aromatic carbocycles. The highest BCUT2D eigenvalue weighted by atomic mass is 16.5.